The van der Waals surface area contributed by atoms with Gasteiger partial charge in [0.05, 0.1) is 19.6 Å². The Labute approximate surface area is 129 Å². The molecule has 0 atom stereocenters. The van der Waals surface area contributed by atoms with Crippen LogP contribution in [0.1, 0.15) is 19.3 Å². The minimum absolute atomic E-state index is 0.0170. The van der Waals surface area contributed by atoms with Crippen molar-refractivity contribution >= 4 is 23.4 Å². The summed E-state index contributed by atoms with van der Waals surface area (Å²) in [6.45, 7) is 1.92. The van der Waals surface area contributed by atoms with Gasteiger partial charge in [-0.3, -0.25) is 9.59 Å². The minimum Gasteiger partial charge on any atom is -0.493 e. The normalized spacial score (nSPS) is 14.0. The Morgan fingerprint density at radius 3 is 2.76 bits per heavy atom. The fourth-order valence-corrected chi connectivity index (χ4v) is 2.34. The van der Waals surface area contributed by atoms with Crippen LogP contribution in [0.15, 0.2) is 24.3 Å². The van der Waals surface area contributed by atoms with E-state index >= 15 is 0 Å². The van der Waals surface area contributed by atoms with E-state index in [1.165, 1.54) is 0 Å². The van der Waals surface area contributed by atoms with Gasteiger partial charge in [-0.25, -0.2) is 0 Å². The predicted octanol–water partition coefficient (Wildman–Crippen LogP) is 1.85. The summed E-state index contributed by atoms with van der Waals surface area (Å²) in [4.78, 5) is 25.2. The van der Waals surface area contributed by atoms with Crippen LogP contribution in [-0.4, -0.2) is 43.0 Å². The van der Waals surface area contributed by atoms with Crippen LogP contribution < -0.4 is 10.1 Å². The zero-order chi connectivity index (χ0) is 15.1. The molecular weight excluding hydrogens is 292 g/mol. The molecule has 1 fully saturated rings. The topological polar surface area (TPSA) is 58.6 Å². The Morgan fingerprint density at radius 2 is 2.05 bits per heavy atom. The van der Waals surface area contributed by atoms with Gasteiger partial charge in [0.15, 0.2) is 0 Å². The average Bonchev–Trinajstić information content (AvgIpc) is 2.99. The highest BCUT2D eigenvalue weighted by molar-refractivity contribution is 6.30. The molecule has 1 aromatic rings. The van der Waals surface area contributed by atoms with Crippen molar-refractivity contribution in [2.45, 2.75) is 19.3 Å². The highest BCUT2D eigenvalue weighted by Crippen LogP contribution is 2.17. The number of amides is 2. The first-order chi connectivity index (χ1) is 10.1. The average molecular weight is 311 g/mol. The Morgan fingerprint density at radius 1 is 1.29 bits per heavy atom. The van der Waals surface area contributed by atoms with E-state index in [1.54, 1.807) is 29.2 Å². The molecule has 5 nitrogen and oxygen atoms in total. The number of halogens is 1. The first kappa shape index (κ1) is 15.6. The third-order valence-electron chi connectivity index (χ3n) is 3.29. The molecule has 114 valence electrons. The maximum atomic E-state index is 11.7. The number of carbonyl (C=O) groups is 2. The molecule has 0 aliphatic carbocycles. The molecule has 1 saturated heterocycles. The van der Waals surface area contributed by atoms with Gasteiger partial charge in [0.25, 0.3) is 0 Å². The van der Waals surface area contributed by atoms with Gasteiger partial charge in [0.2, 0.25) is 11.8 Å². The third-order valence-corrected chi connectivity index (χ3v) is 3.52. The second kappa shape index (κ2) is 7.88. The highest BCUT2D eigenvalue weighted by Gasteiger charge is 2.17. The Bertz CT molecular complexity index is 501. The lowest BCUT2D eigenvalue weighted by atomic mass is 10.3. The maximum Gasteiger partial charge on any atom is 0.241 e. The van der Waals surface area contributed by atoms with Gasteiger partial charge in [-0.05, 0) is 31.0 Å². The van der Waals surface area contributed by atoms with Crippen molar-refractivity contribution in [1.82, 2.24) is 10.2 Å². The zero-order valence-corrected chi connectivity index (χ0v) is 12.6. The quantitative estimate of drug-likeness (QED) is 0.872. The fourth-order valence-electron chi connectivity index (χ4n) is 2.16. The number of ether oxygens (including phenoxy) is 1. The van der Waals surface area contributed by atoms with Crippen molar-refractivity contribution in [2.75, 3.05) is 26.2 Å². The monoisotopic (exact) mass is 310 g/mol. The van der Waals surface area contributed by atoms with Crippen LogP contribution in [0.25, 0.3) is 0 Å². The molecule has 1 N–H and O–H groups in total. The lowest BCUT2D eigenvalue weighted by Crippen LogP contribution is -2.38. The molecule has 0 unspecified atom stereocenters. The Kier molecular flexibility index (Phi) is 5.87. The molecule has 0 spiro atoms. The van der Waals surface area contributed by atoms with E-state index in [4.69, 9.17) is 16.3 Å². The molecule has 1 heterocycles. The van der Waals surface area contributed by atoms with Crippen molar-refractivity contribution in [1.29, 1.82) is 0 Å². The number of hydrogen-bond donors (Lipinski definition) is 1. The summed E-state index contributed by atoms with van der Waals surface area (Å²) < 4.78 is 5.42. The molecule has 2 amide bonds. The van der Waals surface area contributed by atoms with Crippen LogP contribution in [0.3, 0.4) is 0 Å². The van der Waals surface area contributed by atoms with Crippen LogP contribution in [-0.2, 0) is 9.59 Å². The van der Waals surface area contributed by atoms with Crippen molar-refractivity contribution < 1.29 is 14.3 Å². The molecule has 2 rings (SSSR count). The van der Waals surface area contributed by atoms with Crippen molar-refractivity contribution in [3.8, 4) is 5.75 Å². The van der Waals surface area contributed by atoms with E-state index in [-0.39, 0.29) is 31.4 Å². The predicted molar refractivity (Wildman–Crippen MR) is 80.4 cm³/mol. The molecule has 21 heavy (non-hydrogen) atoms. The van der Waals surface area contributed by atoms with Gasteiger partial charge in [-0.1, -0.05) is 17.7 Å². The van der Waals surface area contributed by atoms with E-state index in [1.807, 2.05) is 0 Å². The number of rotatable bonds is 6. The van der Waals surface area contributed by atoms with Gasteiger partial charge in [0.1, 0.15) is 5.75 Å². The SMILES string of the molecule is O=C(CCOc1cccc(Cl)c1)NCC(=O)N1CCCC1. The standard InChI is InChI=1S/C15H19ClN2O3/c16-12-4-3-5-13(10-12)21-9-6-14(19)17-11-15(20)18-7-1-2-8-18/h3-5,10H,1-2,6-9,11H2,(H,17,19). The van der Waals surface area contributed by atoms with Crippen LogP contribution in [0.2, 0.25) is 5.02 Å². The third kappa shape index (κ3) is 5.27. The van der Waals surface area contributed by atoms with Gasteiger partial charge in [-0.2, -0.15) is 0 Å². The van der Waals surface area contributed by atoms with Crippen molar-refractivity contribution in [3.63, 3.8) is 0 Å². The number of benzene rings is 1. The summed E-state index contributed by atoms with van der Waals surface area (Å²) in [5, 5.41) is 3.21. The minimum atomic E-state index is -0.190. The summed E-state index contributed by atoms with van der Waals surface area (Å²) in [6, 6.07) is 7.01. The van der Waals surface area contributed by atoms with Crippen LogP contribution in [0.4, 0.5) is 0 Å². The maximum absolute atomic E-state index is 11.7. The number of nitrogens with zero attached hydrogens (tertiary/aromatic N) is 1. The van der Waals surface area contributed by atoms with Crippen LogP contribution in [0.5, 0.6) is 5.75 Å². The molecule has 1 aliphatic rings. The van der Waals surface area contributed by atoms with Gasteiger partial charge in [0, 0.05) is 18.1 Å². The Balaban J connectivity index is 1.62. The van der Waals surface area contributed by atoms with E-state index in [0.717, 1.165) is 25.9 Å². The molecule has 0 saturated carbocycles. The number of likely N-dealkylation sites (tertiary alicyclic amines) is 1. The molecule has 1 aliphatic heterocycles. The second-order valence-electron chi connectivity index (χ2n) is 4.92. The molecule has 0 radical (unpaired) electrons. The second-order valence-corrected chi connectivity index (χ2v) is 5.36. The van der Waals surface area contributed by atoms with Gasteiger partial charge < -0.3 is 15.0 Å². The van der Waals surface area contributed by atoms with Crippen LogP contribution in [0, 0.1) is 0 Å². The first-order valence-electron chi connectivity index (χ1n) is 7.08. The van der Waals surface area contributed by atoms with E-state index in [0.29, 0.717) is 10.8 Å². The van der Waals surface area contributed by atoms with Crippen LogP contribution >= 0.6 is 11.6 Å². The first-order valence-corrected chi connectivity index (χ1v) is 7.46. The van der Waals surface area contributed by atoms with E-state index in [2.05, 4.69) is 5.32 Å². The van der Waals surface area contributed by atoms with Gasteiger partial charge >= 0.3 is 0 Å². The molecule has 0 aromatic heterocycles. The molecule has 0 bridgehead atoms. The van der Waals surface area contributed by atoms with Crippen molar-refractivity contribution in [3.05, 3.63) is 29.3 Å². The summed E-state index contributed by atoms with van der Waals surface area (Å²) in [6.07, 6.45) is 2.31. The zero-order valence-electron chi connectivity index (χ0n) is 11.8. The summed E-state index contributed by atoms with van der Waals surface area (Å²) in [5.41, 5.74) is 0. The Hall–Kier alpha value is -1.75. The highest BCUT2D eigenvalue weighted by atomic mass is 35.5. The molecular formula is C15H19ClN2O3. The molecule has 6 heteroatoms. The van der Waals surface area contributed by atoms with E-state index in [9.17, 15) is 9.59 Å². The van der Waals surface area contributed by atoms with Crippen molar-refractivity contribution in [2.24, 2.45) is 0 Å². The van der Waals surface area contributed by atoms with Gasteiger partial charge in [-0.15, -0.1) is 0 Å². The smallest absolute Gasteiger partial charge is 0.241 e. The lowest BCUT2D eigenvalue weighted by Gasteiger charge is -2.15. The molecule has 1 aromatic carbocycles. The number of nitrogens with one attached hydrogen (secondary N) is 1. The summed E-state index contributed by atoms with van der Waals surface area (Å²) >= 11 is 5.83. The summed E-state index contributed by atoms with van der Waals surface area (Å²) in [5.74, 6) is 0.421. The lowest BCUT2D eigenvalue weighted by molar-refractivity contribution is -0.132. The number of carbonyl (C=O) groups excluding carboxylic acids is 2. The summed E-state index contributed by atoms with van der Waals surface area (Å²) in [7, 11) is 0. The fraction of sp³-hybridized carbons (Fsp3) is 0.467. The number of hydrogen-bond acceptors (Lipinski definition) is 3. The van der Waals surface area contributed by atoms with E-state index < -0.39 is 0 Å². The largest absolute Gasteiger partial charge is 0.493 e.